The van der Waals surface area contributed by atoms with Gasteiger partial charge in [-0.15, -0.1) is 10.2 Å². The number of anilines is 1. The lowest BCUT2D eigenvalue weighted by Gasteiger charge is -2.15. The van der Waals surface area contributed by atoms with Crippen LogP contribution in [0.4, 0.5) is 5.69 Å². The number of thioether (sulfide) groups is 1. The zero-order chi connectivity index (χ0) is 20.5. The molecular weight excluding hydrogens is 398 g/mol. The molecule has 1 aliphatic heterocycles. The van der Waals surface area contributed by atoms with E-state index in [0.29, 0.717) is 23.8 Å². The summed E-state index contributed by atoms with van der Waals surface area (Å²) in [5, 5.41) is 9.48. The van der Waals surface area contributed by atoms with Crippen LogP contribution in [0.5, 0.6) is 0 Å². The molecule has 8 heteroatoms. The van der Waals surface area contributed by atoms with E-state index in [0.717, 1.165) is 48.0 Å². The van der Waals surface area contributed by atoms with E-state index in [2.05, 4.69) is 19.7 Å². The summed E-state index contributed by atoms with van der Waals surface area (Å²) >= 11 is 1.42. The molecule has 1 saturated carbocycles. The second kappa shape index (κ2) is 8.02. The number of rotatable bonds is 7. The minimum Gasteiger partial charge on any atom is -0.312 e. The summed E-state index contributed by atoms with van der Waals surface area (Å²) in [6.07, 6.45) is 7.21. The molecule has 0 atom stereocenters. The zero-order valence-electron chi connectivity index (χ0n) is 16.4. The maximum atomic E-state index is 12.7. The molecule has 0 N–H and O–H groups in total. The Morgan fingerprint density at radius 1 is 1.13 bits per heavy atom. The molecular formula is C22H21N5O2S. The molecule has 2 aromatic heterocycles. The van der Waals surface area contributed by atoms with Gasteiger partial charge in [0.2, 0.25) is 5.91 Å². The van der Waals surface area contributed by atoms with Gasteiger partial charge in [0.1, 0.15) is 0 Å². The summed E-state index contributed by atoms with van der Waals surface area (Å²) in [6, 6.07) is 11.6. The Hall–Kier alpha value is -3.00. The van der Waals surface area contributed by atoms with Crippen LogP contribution in [0, 0.1) is 0 Å². The third kappa shape index (κ3) is 3.75. The average Bonchev–Trinajstić information content (AvgIpc) is 3.39. The smallest absolute Gasteiger partial charge is 0.227 e. The van der Waals surface area contributed by atoms with Gasteiger partial charge in [-0.3, -0.25) is 19.1 Å². The summed E-state index contributed by atoms with van der Waals surface area (Å²) in [6.45, 7) is 0.748. The number of hydrogen-bond donors (Lipinski definition) is 0. The number of amides is 1. The van der Waals surface area contributed by atoms with Gasteiger partial charge >= 0.3 is 0 Å². The molecule has 30 heavy (non-hydrogen) atoms. The fraction of sp³-hybridized carbons (Fsp3) is 0.318. The molecule has 1 aromatic carbocycles. The van der Waals surface area contributed by atoms with Crippen molar-refractivity contribution >= 4 is 29.1 Å². The maximum Gasteiger partial charge on any atom is 0.227 e. The van der Waals surface area contributed by atoms with Gasteiger partial charge in [-0.25, -0.2) is 0 Å². The normalized spacial score (nSPS) is 16.3. The predicted octanol–water partition coefficient (Wildman–Crippen LogP) is 3.78. The molecule has 1 aliphatic carbocycles. The number of benzene rings is 1. The number of aromatic nitrogens is 4. The number of pyridine rings is 1. The van der Waals surface area contributed by atoms with Crippen molar-refractivity contribution in [3.05, 3.63) is 54.4 Å². The van der Waals surface area contributed by atoms with Crippen LogP contribution in [-0.2, 0) is 4.79 Å². The first-order valence-electron chi connectivity index (χ1n) is 10.1. The molecule has 1 saturated heterocycles. The Labute approximate surface area is 178 Å². The van der Waals surface area contributed by atoms with E-state index >= 15 is 0 Å². The largest absolute Gasteiger partial charge is 0.312 e. The number of ketones is 1. The van der Waals surface area contributed by atoms with Gasteiger partial charge in [-0.1, -0.05) is 11.8 Å². The number of nitrogens with zero attached hydrogens (tertiary/aromatic N) is 5. The first-order valence-corrected chi connectivity index (χ1v) is 11.1. The van der Waals surface area contributed by atoms with E-state index in [1.54, 1.807) is 29.4 Å². The van der Waals surface area contributed by atoms with E-state index in [4.69, 9.17) is 0 Å². The predicted molar refractivity (Wildman–Crippen MR) is 115 cm³/mol. The SMILES string of the molecule is O=C(CSc1nnc(-c2cccnc2)n1C1CC1)c1ccc(N2CCCC2=O)cc1. The maximum absolute atomic E-state index is 12.7. The van der Waals surface area contributed by atoms with Crippen molar-refractivity contribution in [1.82, 2.24) is 19.7 Å². The van der Waals surface area contributed by atoms with Crippen molar-refractivity contribution < 1.29 is 9.59 Å². The second-order valence-electron chi connectivity index (χ2n) is 7.56. The molecule has 0 spiro atoms. The Kier molecular flexibility index (Phi) is 5.08. The number of carbonyl (C=O) groups excluding carboxylic acids is 2. The molecule has 5 rings (SSSR count). The molecule has 3 aromatic rings. The van der Waals surface area contributed by atoms with Crippen molar-refractivity contribution in [3.63, 3.8) is 0 Å². The topological polar surface area (TPSA) is 81.0 Å². The van der Waals surface area contributed by atoms with E-state index in [1.165, 1.54) is 11.8 Å². The molecule has 0 radical (unpaired) electrons. The molecule has 1 amide bonds. The van der Waals surface area contributed by atoms with Crippen molar-refractivity contribution in [2.45, 2.75) is 36.9 Å². The highest BCUT2D eigenvalue weighted by atomic mass is 32.2. The first-order chi connectivity index (χ1) is 14.7. The van der Waals surface area contributed by atoms with Gasteiger partial charge in [0.15, 0.2) is 16.8 Å². The molecule has 3 heterocycles. The van der Waals surface area contributed by atoms with Crippen LogP contribution < -0.4 is 4.90 Å². The first kappa shape index (κ1) is 19.0. The molecule has 0 unspecified atom stereocenters. The van der Waals surface area contributed by atoms with E-state index in [1.807, 2.05) is 24.3 Å². The standard InChI is InChI=1S/C22H21N5O2S/c28-19(15-5-7-17(8-6-15)26-12-2-4-20(26)29)14-30-22-25-24-21(27(22)18-9-10-18)16-3-1-11-23-13-16/h1,3,5-8,11,13,18H,2,4,9-10,12,14H2. The summed E-state index contributed by atoms with van der Waals surface area (Å²) in [5.41, 5.74) is 2.43. The van der Waals surface area contributed by atoms with Gasteiger partial charge in [0, 0.05) is 48.2 Å². The van der Waals surface area contributed by atoms with Crippen molar-refractivity contribution in [2.24, 2.45) is 0 Å². The molecule has 7 nitrogen and oxygen atoms in total. The highest BCUT2D eigenvalue weighted by Gasteiger charge is 2.30. The van der Waals surface area contributed by atoms with Crippen molar-refractivity contribution in [2.75, 3.05) is 17.2 Å². The van der Waals surface area contributed by atoms with Crippen LogP contribution in [-0.4, -0.2) is 43.7 Å². The van der Waals surface area contributed by atoms with Crippen LogP contribution >= 0.6 is 11.8 Å². The van der Waals surface area contributed by atoms with E-state index in [-0.39, 0.29) is 11.7 Å². The lowest BCUT2D eigenvalue weighted by atomic mass is 10.1. The number of carbonyl (C=O) groups is 2. The van der Waals surface area contributed by atoms with Gasteiger partial charge in [-0.05, 0) is 55.7 Å². The van der Waals surface area contributed by atoms with E-state index < -0.39 is 0 Å². The summed E-state index contributed by atoms with van der Waals surface area (Å²) < 4.78 is 2.14. The number of hydrogen-bond acceptors (Lipinski definition) is 6. The van der Waals surface area contributed by atoms with Crippen molar-refractivity contribution in [1.29, 1.82) is 0 Å². The lowest BCUT2D eigenvalue weighted by molar-refractivity contribution is -0.117. The molecule has 2 aliphatic rings. The molecule has 152 valence electrons. The highest BCUT2D eigenvalue weighted by molar-refractivity contribution is 7.99. The van der Waals surface area contributed by atoms with Crippen molar-refractivity contribution in [3.8, 4) is 11.4 Å². The second-order valence-corrected chi connectivity index (χ2v) is 8.50. The minimum atomic E-state index is 0.0348. The zero-order valence-corrected chi connectivity index (χ0v) is 17.2. The molecule has 0 bridgehead atoms. The quantitative estimate of drug-likeness (QED) is 0.428. The average molecular weight is 420 g/mol. The lowest BCUT2D eigenvalue weighted by Crippen LogP contribution is -2.23. The number of Topliss-reactive ketones (excluding diaryl/α,β-unsaturated/α-hetero) is 1. The van der Waals surface area contributed by atoms with Crippen LogP contribution in [0.3, 0.4) is 0 Å². The third-order valence-corrected chi connectivity index (χ3v) is 6.35. The Morgan fingerprint density at radius 2 is 1.97 bits per heavy atom. The van der Waals surface area contributed by atoms with Crippen LogP contribution in [0.15, 0.2) is 53.9 Å². The van der Waals surface area contributed by atoms with E-state index in [9.17, 15) is 9.59 Å². The Morgan fingerprint density at radius 3 is 2.63 bits per heavy atom. The third-order valence-electron chi connectivity index (χ3n) is 5.40. The highest BCUT2D eigenvalue weighted by Crippen LogP contribution is 2.41. The van der Waals surface area contributed by atoms with Gasteiger partial charge in [0.05, 0.1) is 5.75 Å². The van der Waals surface area contributed by atoms with Crippen LogP contribution in [0.2, 0.25) is 0 Å². The van der Waals surface area contributed by atoms with Gasteiger partial charge in [0.25, 0.3) is 0 Å². The Bertz CT molecular complexity index is 1080. The van der Waals surface area contributed by atoms with Gasteiger partial charge in [-0.2, -0.15) is 0 Å². The Balaban J connectivity index is 1.29. The minimum absolute atomic E-state index is 0.0348. The fourth-order valence-electron chi connectivity index (χ4n) is 3.69. The fourth-order valence-corrected chi connectivity index (χ4v) is 4.59. The van der Waals surface area contributed by atoms with Crippen LogP contribution in [0.1, 0.15) is 42.1 Å². The molecule has 2 fully saturated rings. The summed E-state index contributed by atoms with van der Waals surface area (Å²) in [5.74, 6) is 1.28. The van der Waals surface area contributed by atoms with Gasteiger partial charge < -0.3 is 4.90 Å². The van der Waals surface area contributed by atoms with Crippen LogP contribution in [0.25, 0.3) is 11.4 Å². The summed E-state index contributed by atoms with van der Waals surface area (Å²) in [7, 11) is 0. The summed E-state index contributed by atoms with van der Waals surface area (Å²) in [4.78, 5) is 30.6. The monoisotopic (exact) mass is 419 g/mol.